The Morgan fingerprint density at radius 2 is 1.62 bits per heavy atom. The van der Waals surface area contributed by atoms with Crippen LogP contribution in [0.5, 0.6) is 0 Å². The molecule has 0 amide bonds. The quantitative estimate of drug-likeness (QED) is 0.444. The van der Waals surface area contributed by atoms with Crippen molar-refractivity contribution in [3.05, 3.63) is 12.2 Å². The van der Waals surface area contributed by atoms with Crippen molar-refractivity contribution in [2.24, 2.45) is 4.99 Å². The Kier molecular flexibility index (Phi) is 8.43. The zero-order valence-electron chi connectivity index (χ0n) is 13.4. The van der Waals surface area contributed by atoms with Crippen molar-refractivity contribution in [1.82, 2.24) is 5.32 Å². The predicted molar refractivity (Wildman–Crippen MR) is 78.7 cm³/mol. The standard InChI is InChI=1S/C14H26N2.ClH3O4/c1-11(2)13(16-14(3,4)5)15-12-9-7-6-8-10-12;2-1(3,4)5/h12H,1,6-10H2,2-5H3,(H,15,16);2-4H. The van der Waals surface area contributed by atoms with Crippen LogP contribution in [0.1, 0.15) is 59.8 Å². The summed E-state index contributed by atoms with van der Waals surface area (Å²) in [6.45, 7) is 12.5. The summed E-state index contributed by atoms with van der Waals surface area (Å²) in [5, 5.41) is 3.45. The minimum absolute atomic E-state index is 0.0620. The van der Waals surface area contributed by atoms with Gasteiger partial charge in [0.25, 0.3) is 0 Å². The Hall–Kier alpha value is -0.660. The van der Waals surface area contributed by atoms with Crippen molar-refractivity contribution in [1.29, 1.82) is 0 Å². The molecule has 126 valence electrons. The van der Waals surface area contributed by atoms with Crippen LogP contribution in [-0.2, 0) is 0 Å². The fourth-order valence-corrected chi connectivity index (χ4v) is 2.00. The first-order valence-electron chi connectivity index (χ1n) is 7.06. The molecule has 0 atom stereocenters. The van der Waals surface area contributed by atoms with E-state index in [0.717, 1.165) is 11.4 Å². The van der Waals surface area contributed by atoms with Gasteiger partial charge in [-0.2, -0.15) is 0 Å². The van der Waals surface area contributed by atoms with Crippen LogP contribution < -0.4 is 9.98 Å². The van der Waals surface area contributed by atoms with Crippen LogP contribution in [0.15, 0.2) is 17.1 Å². The van der Waals surface area contributed by atoms with Gasteiger partial charge in [-0.05, 0) is 46.1 Å². The molecule has 1 aliphatic rings. The molecule has 1 aliphatic carbocycles. The van der Waals surface area contributed by atoms with E-state index >= 15 is 0 Å². The molecule has 0 spiro atoms. The Balaban J connectivity index is 0.000000690. The molecule has 0 bridgehead atoms. The van der Waals surface area contributed by atoms with Gasteiger partial charge < -0.3 is 5.32 Å². The van der Waals surface area contributed by atoms with Crippen LogP contribution >= 0.6 is 0 Å². The van der Waals surface area contributed by atoms with Gasteiger partial charge in [-0.3, -0.25) is 4.99 Å². The van der Waals surface area contributed by atoms with Gasteiger partial charge in [-0.15, -0.1) is 0 Å². The van der Waals surface area contributed by atoms with E-state index in [2.05, 4.69) is 32.7 Å². The molecule has 0 aromatic rings. The first-order valence-corrected chi connectivity index (χ1v) is 8.39. The fourth-order valence-electron chi connectivity index (χ4n) is 2.00. The topological polar surface area (TPSA) is 108 Å². The third-order valence-corrected chi connectivity index (χ3v) is 2.78. The molecule has 6 nitrogen and oxygen atoms in total. The zero-order chi connectivity index (χ0) is 16.7. The average molecular weight is 325 g/mol. The summed E-state index contributed by atoms with van der Waals surface area (Å²) >= 11 is 0. The summed E-state index contributed by atoms with van der Waals surface area (Å²) < 4.78 is 30.2. The van der Waals surface area contributed by atoms with E-state index < -0.39 is 10.2 Å². The normalized spacial score (nSPS) is 18.6. The second-order valence-corrected chi connectivity index (χ2v) is 7.23. The molecule has 0 radical (unpaired) electrons. The Morgan fingerprint density at radius 3 is 1.95 bits per heavy atom. The molecule has 1 saturated carbocycles. The Labute approximate surface area is 129 Å². The number of hydrogen-bond acceptors (Lipinski definition) is 5. The van der Waals surface area contributed by atoms with Crippen LogP contribution in [-0.4, -0.2) is 31.4 Å². The second-order valence-electron chi connectivity index (χ2n) is 6.36. The van der Waals surface area contributed by atoms with E-state index in [-0.39, 0.29) is 5.54 Å². The second kappa shape index (κ2) is 8.70. The number of rotatable bonds is 2. The van der Waals surface area contributed by atoms with Crippen molar-refractivity contribution in [3.8, 4) is 0 Å². The van der Waals surface area contributed by atoms with E-state index in [0.29, 0.717) is 6.04 Å². The van der Waals surface area contributed by atoms with Gasteiger partial charge in [-0.1, -0.05) is 25.8 Å². The van der Waals surface area contributed by atoms with Gasteiger partial charge in [0, 0.05) is 5.54 Å². The van der Waals surface area contributed by atoms with E-state index in [4.69, 9.17) is 23.6 Å². The molecule has 1 rings (SSSR count). The van der Waals surface area contributed by atoms with Crippen LogP contribution in [0.25, 0.3) is 0 Å². The number of halogens is 1. The molecule has 0 aromatic carbocycles. The zero-order valence-corrected chi connectivity index (χ0v) is 14.2. The first-order chi connectivity index (χ1) is 9.38. The van der Waals surface area contributed by atoms with Crippen molar-refractivity contribution in [3.63, 3.8) is 0 Å². The fraction of sp³-hybridized carbons (Fsp3) is 0.786. The third kappa shape index (κ3) is 14.1. The number of nitrogens with zero attached hydrogens (tertiary/aromatic N) is 1. The molecule has 7 heteroatoms. The van der Waals surface area contributed by atoms with Crippen molar-refractivity contribution < 1.29 is 28.9 Å². The average Bonchev–Trinajstić information content (AvgIpc) is 2.25. The Bertz CT molecular complexity index is 347. The number of hydrogen-bond donors (Lipinski definition) is 4. The SMILES string of the molecule is C=C(C)C(=NC1CCCCC1)NC(C)(C)C.[O-][Cl+](O)(O)O. The summed E-state index contributed by atoms with van der Waals surface area (Å²) in [6.07, 6.45) is 6.51. The summed E-state index contributed by atoms with van der Waals surface area (Å²) in [5.74, 6) is 0.999. The first kappa shape index (κ1) is 20.3. The molecule has 1 fully saturated rings. The van der Waals surface area contributed by atoms with Gasteiger partial charge in [-0.25, -0.2) is 0 Å². The minimum atomic E-state index is -4.19. The summed E-state index contributed by atoms with van der Waals surface area (Å²) in [5.41, 5.74) is 1.10. The molecule has 0 aromatic heterocycles. The Morgan fingerprint density at radius 1 is 1.19 bits per heavy atom. The van der Waals surface area contributed by atoms with Gasteiger partial charge in [0.2, 0.25) is 0 Å². The van der Waals surface area contributed by atoms with E-state index in [1.165, 1.54) is 32.1 Å². The summed E-state index contributed by atoms with van der Waals surface area (Å²) in [7, 11) is -4.19. The summed E-state index contributed by atoms with van der Waals surface area (Å²) in [4.78, 5) is 4.83. The van der Waals surface area contributed by atoms with Crippen LogP contribution in [0.4, 0.5) is 0 Å². The van der Waals surface area contributed by atoms with Gasteiger partial charge >= 0.3 is 28.9 Å². The van der Waals surface area contributed by atoms with Crippen molar-refractivity contribution in [2.45, 2.75) is 71.4 Å². The molecule has 0 aliphatic heterocycles. The molecular formula is C14H29ClN2O4. The predicted octanol–water partition coefficient (Wildman–Crippen LogP) is 0.822. The number of nitrogens with one attached hydrogen (secondary N) is 1. The molecular weight excluding hydrogens is 296 g/mol. The maximum atomic E-state index is 8.83. The van der Waals surface area contributed by atoms with Gasteiger partial charge in [0.15, 0.2) is 0 Å². The van der Waals surface area contributed by atoms with Crippen LogP contribution in [0.3, 0.4) is 0 Å². The van der Waals surface area contributed by atoms with E-state index in [1.54, 1.807) is 0 Å². The molecule has 21 heavy (non-hydrogen) atoms. The summed E-state index contributed by atoms with van der Waals surface area (Å²) in [6, 6.07) is 0.510. The van der Waals surface area contributed by atoms with Crippen LogP contribution in [0, 0.1) is 10.2 Å². The van der Waals surface area contributed by atoms with Crippen molar-refractivity contribution >= 4 is 5.84 Å². The maximum absolute atomic E-state index is 8.83. The van der Waals surface area contributed by atoms with Crippen LogP contribution in [0.2, 0.25) is 0 Å². The third-order valence-electron chi connectivity index (χ3n) is 2.78. The molecule has 0 unspecified atom stereocenters. The van der Waals surface area contributed by atoms with Gasteiger partial charge in [0.1, 0.15) is 5.84 Å². The van der Waals surface area contributed by atoms with Crippen molar-refractivity contribution in [2.75, 3.05) is 0 Å². The number of aliphatic imine (C=N–C) groups is 1. The number of amidine groups is 1. The molecule has 0 saturated heterocycles. The molecule has 4 N–H and O–H groups in total. The molecule has 0 heterocycles. The van der Waals surface area contributed by atoms with Gasteiger partial charge in [0.05, 0.1) is 6.04 Å². The van der Waals surface area contributed by atoms with E-state index in [1.807, 2.05) is 6.92 Å². The van der Waals surface area contributed by atoms with E-state index in [9.17, 15) is 0 Å². The monoisotopic (exact) mass is 324 g/mol.